The molecule has 1 aromatic rings. The fourth-order valence-corrected chi connectivity index (χ4v) is 2.19. The fraction of sp³-hybridized carbons (Fsp3) is 0.556. The van der Waals surface area contributed by atoms with Crippen LogP contribution in [0.25, 0.3) is 0 Å². The summed E-state index contributed by atoms with van der Waals surface area (Å²) in [5.41, 5.74) is 2.26. The second kappa shape index (κ2) is 10.5. The maximum Gasteiger partial charge on any atom is 0.242 e. The van der Waals surface area contributed by atoms with E-state index in [-0.39, 0.29) is 42.0 Å². The standard InChI is InChI=1S/C18H30N4O.HI/c1-7-19-17(20-12-16(23)21-18(3,4)5)22(6)13-15-11-9-8-10-14(15)2;/h8-11H,7,12-13H2,1-6H3,(H,19,20)(H,21,23);1H. The van der Waals surface area contributed by atoms with Crippen LogP contribution in [-0.2, 0) is 11.3 Å². The molecule has 24 heavy (non-hydrogen) atoms. The van der Waals surface area contributed by atoms with Crippen LogP contribution in [0.2, 0.25) is 0 Å². The van der Waals surface area contributed by atoms with E-state index in [0.29, 0.717) is 0 Å². The normalized spacial score (nSPS) is 11.5. The second-order valence-electron chi connectivity index (χ2n) is 6.75. The van der Waals surface area contributed by atoms with Gasteiger partial charge < -0.3 is 15.5 Å². The highest BCUT2D eigenvalue weighted by Gasteiger charge is 2.14. The summed E-state index contributed by atoms with van der Waals surface area (Å²) in [6.07, 6.45) is 0. The van der Waals surface area contributed by atoms with E-state index >= 15 is 0 Å². The lowest BCUT2D eigenvalue weighted by Crippen LogP contribution is -2.43. The molecule has 1 rings (SSSR count). The molecule has 0 atom stereocenters. The Balaban J connectivity index is 0.00000529. The fourth-order valence-electron chi connectivity index (χ4n) is 2.19. The lowest BCUT2D eigenvalue weighted by atomic mass is 10.1. The molecule has 0 spiro atoms. The molecule has 0 aliphatic carbocycles. The van der Waals surface area contributed by atoms with Crippen molar-refractivity contribution >= 4 is 35.8 Å². The van der Waals surface area contributed by atoms with Crippen molar-refractivity contribution in [2.75, 3.05) is 20.1 Å². The third-order valence-corrected chi connectivity index (χ3v) is 3.25. The number of aryl methyl sites for hydroxylation is 1. The Morgan fingerprint density at radius 2 is 1.88 bits per heavy atom. The van der Waals surface area contributed by atoms with E-state index in [9.17, 15) is 4.79 Å². The van der Waals surface area contributed by atoms with Gasteiger partial charge in [0, 0.05) is 25.7 Å². The van der Waals surface area contributed by atoms with Gasteiger partial charge in [0.05, 0.1) is 0 Å². The molecule has 1 amide bonds. The molecular weight excluding hydrogens is 415 g/mol. The molecule has 6 heteroatoms. The number of nitrogens with one attached hydrogen (secondary N) is 2. The van der Waals surface area contributed by atoms with Crippen LogP contribution in [0.3, 0.4) is 0 Å². The summed E-state index contributed by atoms with van der Waals surface area (Å²) in [7, 11) is 1.98. The molecule has 0 aliphatic rings. The zero-order chi connectivity index (χ0) is 17.5. The Hall–Kier alpha value is -1.31. The smallest absolute Gasteiger partial charge is 0.242 e. The number of carbonyl (C=O) groups is 1. The first-order valence-electron chi connectivity index (χ1n) is 8.08. The first kappa shape index (κ1) is 22.7. The number of carbonyl (C=O) groups excluding carboxylic acids is 1. The SMILES string of the molecule is CCNC(=NCC(=O)NC(C)(C)C)N(C)Cc1ccccc1C.I. The topological polar surface area (TPSA) is 56.7 Å². The van der Waals surface area contributed by atoms with Gasteiger partial charge in [0.15, 0.2) is 5.96 Å². The molecule has 0 radical (unpaired) electrons. The molecule has 0 bridgehead atoms. The van der Waals surface area contributed by atoms with Gasteiger partial charge in [-0.3, -0.25) is 4.79 Å². The summed E-state index contributed by atoms with van der Waals surface area (Å²) in [6, 6.07) is 8.29. The predicted molar refractivity (Wildman–Crippen MR) is 112 cm³/mol. The summed E-state index contributed by atoms with van der Waals surface area (Å²) < 4.78 is 0. The van der Waals surface area contributed by atoms with E-state index in [4.69, 9.17) is 0 Å². The van der Waals surface area contributed by atoms with Gasteiger partial charge in [-0.1, -0.05) is 24.3 Å². The van der Waals surface area contributed by atoms with Crippen molar-refractivity contribution in [2.45, 2.75) is 46.7 Å². The molecule has 0 saturated carbocycles. The van der Waals surface area contributed by atoms with Crippen LogP contribution in [0.15, 0.2) is 29.3 Å². The third kappa shape index (κ3) is 8.52. The number of benzene rings is 1. The van der Waals surface area contributed by atoms with Crippen LogP contribution < -0.4 is 10.6 Å². The van der Waals surface area contributed by atoms with Crippen molar-refractivity contribution < 1.29 is 4.79 Å². The van der Waals surface area contributed by atoms with Crippen LogP contribution in [0.4, 0.5) is 0 Å². The summed E-state index contributed by atoms with van der Waals surface area (Å²) in [6.45, 7) is 11.6. The van der Waals surface area contributed by atoms with Gasteiger partial charge in [-0.15, -0.1) is 24.0 Å². The zero-order valence-corrected chi connectivity index (χ0v) is 18.0. The Kier molecular flexibility index (Phi) is 9.96. The lowest BCUT2D eigenvalue weighted by Gasteiger charge is -2.23. The maximum atomic E-state index is 11.9. The highest BCUT2D eigenvalue weighted by atomic mass is 127. The highest BCUT2D eigenvalue weighted by molar-refractivity contribution is 14.0. The van der Waals surface area contributed by atoms with Gasteiger partial charge in [-0.05, 0) is 45.7 Å². The number of aliphatic imine (C=N–C) groups is 1. The monoisotopic (exact) mass is 446 g/mol. The molecule has 0 aliphatic heterocycles. The lowest BCUT2D eigenvalue weighted by molar-refractivity contribution is -0.121. The number of hydrogen-bond acceptors (Lipinski definition) is 2. The van der Waals surface area contributed by atoms with Crippen LogP contribution in [0.5, 0.6) is 0 Å². The molecule has 0 saturated heterocycles. The van der Waals surface area contributed by atoms with Gasteiger partial charge in [0.25, 0.3) is 0 Å². The molecule has 1 aromatic carbocycles. The number of nitrogens with zero attached hydrogens (tertiary/aromatic N) is 2. The summed E-state index contributed by atoms with van der Waals surface area (Å²) in [5, 5.41) is 6.16. The van der Waals surface area contributed by atoms with Crippen molar-refractivity contribution in [3.63, 3.8) is 0 Å². The minimum absolute atomic E-state index is 0. The Bertz CT molecular complexity index is 552. The number of rotatable bonds is 5. The van der Waals surface area contributed by atoms with Crippen molar-refractivity contribution in [3.05, 3.63) is 35.4 Å². The van der Waals surface area contributed by atoms with E-state index in [1.54, 1.807) is 0 Å². The summed E-state index contributed by atoms with van der Waals surface area (Å²) >= 11 is 0. The van der Waals surface area contributed by atoms with Crippen molar-refractivity contribution in [2.24, 2.45) is 4.99 Å². The first-order valence-corrected chi connectivity index (χ1v) is 8.08. The van der Waals surface area contributed by atoms with E-state index in [1.165, 1.54) is 11.1 Å². The van der Waals surface area contributed by atoms with Gasteiger partial charge in [-0.2, -0.15) is 0 Å². The molecular formula is C18H31IN4O. The molecule has 0 fully saturated rings. The first-order chi connectivity index (χ1) is 10.7. The Labute approximate surface area is 163 Å². The minimum atomic E-state index is -0.238. The van der Waals surface area contributed by atoms with Gasteiger partial charge in [-0.25, -0.2) is 4.99 Å². The third-order valence-electron chi connectivity index (χ3n) is 3.25. The van der Waals surface area contributed by atoms with Crippen LogP contribution in [-0.4, -0.2) is 42.4 Å². The van der Waals surface area contributed by atoms with Crippen molar-refractivity contribution in [1.29, 1.82) is 0 Å². The highest BCUT2D eigenvalue weighted by Crippen LogP contribution is 2.09. The van der Waals surface area contributed by atoms with E-state index < -0.39 is 0 Å². The maximum absolute atomic E-state index is 11.9. The number of hydrogen-bond donors (Lipinski definition) is 2. The number of amides is 1. The Morgan fingerprint density at radius 1 is 1.25 bits per heavy atom. The van der Waals surface area contributed by atoms with E-state index in [1.807, 2.05) is 51.8 Å². The average molecular weight is 446 g/mol. The van der Waals surface area contributed by atoms with Gasteiger partial charge in [0.2, 0.25) is 5.91 Å². The van der Waals surface area contributed by atoms with Crippen molar-refractivity contribution in [3.8, 4) is 0 Å². The van der Waals surface area contributed by atoms with Gasteiger partial charge >= 0.3 is 0 Å². The molecule has 0 aromatic heterocycles. The number of halogens is 1. The molecule has 0 unspecified atom stereocenters. The zero-order valence-electron chi connectivity index (χ0n) is 15.6. The number of guanidine groups is 1. The minimum Gasteiger partial charge on any atom is -0.357 e. The van der Waals surface area contributed by atoms with Crippen LogP contribution >= 0.6 is 24.0 Å². The largest absolute Gasteiger partial charge is 0.357 e. The summed E-state index contributed by atoms with van der Waals surface area (Å²) in [5.74, 6) is 0.664. The molecule has 2 N–H and O–H groups in total. The quantitative estimate of drug-likeness (QED) is 0.416. The Morgan fingerprint density at radius 3 is 2.42 bits per heavy atom. The second-order valence-corrected chi connectivity index (χ2v) is 6.75. The van der Waals surface area contributed by atoms with Crippen molar-refractivity contribution in [1.82, 2.24) is 15.5 Å². The molecule has 136 valence electrons. The van der Waals surface area contributed by atoms with Gasteiger partial charge in [0.1, 0.15) is 6.54 Å². The predicted octanol–water partition coefficient (Wildman–Crippen LogP) is 2.93. The molecule has 5 nitrogen and oxygen atoms in total. The average Bonchev–Trinajstić information content (AvgIpc) is 2.44. The van der Waals surface area contributed by atoms with Crippen LogP contribution in [0, 0.1) is 6.92 Å². The van der Waals surface area contributed by atoms with E-state index in [0.717, 1.165) is 19.0 Å². The van der Waals surface area contributed by atoms with Crippen LogP contribution in [0.1, 0.15) is 38.8 Å². The summed E-state index contributed by atoms with van der Waals surface area (Å²) in [4.78, 5) is 18.4. The van der Waals surface area contributed by atoms with E-state index in [2.05, 4.69) is 34.7 Å². The molecule has 0 heterocycles.